The fraction of sp³-hybridized carbons (Fsp3) is 0.214. The van der Waals surface area contributed by atoms with E-state index in [-0.39, 0.29) is 30.2 Å². The molecule has 0 bridgehead atoms. The predicted octanol–water partition coefficient (Wildman–Crippen LogP) is 7.24. The van der Waals surface area contributed by atoms with Crippen molar-refractivity contribution in [3.63, 3.8) is 0 Å². The average molecular weight is 511 g/mol. The molecule has 0 amide bonds. The molecule has 0 saturated carbocycles. The molecule has 0 spiro atoms. The molecule has 0 aliphatic heterocycles. The standard InChI is InChI=1S/C28H24F3NO5/c1-17(2)27-22(26(32-37-27)21-10-6-7-11-23(21)36-28(29,30)31)16-35-24-14-18(15-25(33)34)12-13-20(24)19-8-4-3-5-9-19/h3-14,17H,15-16H2,1-2H3,(H,33,34). The van der Waals surface area contributed by atoms with Crippen LogP contribution in [0, 0.1) is 0 Å². The van der Waals surface area contributed by atoms with Gasteiger partial charge in [0.25, 0.3) is 0 Å². The van der Waals surface area contributed by atoms with Crippen molar-refractivity contribution >= 4 is 5.97 Å². The van der Waals surface area contributed by atoms with Gasteiger partial charge in [-0.1, -0.05) is 73.6 Å². The number of halogens is 3. The number of alkyl halides is 3. The maximum absolute atomic E-state index is 13.0. The highest BCUT2D eigenvalue weighted by molar-refractivity contribution is 5.75. The van der Waals surface area contributed by atoms with Gasteiger partial charge in [-0.3, -0.25) is 4.79 Å². The smallest absolute Gasteiger partial charge is 0.488 e. The number of carboxylic acid groups (broad SMARTS) is 1. The van der Waals surface area contributed by atoms with Crippen molar-refractivity contribution in [2.45, 2.75) is 39.2 Å². The van der Waals surface area contributed by atoms with Gasteiger partial charge in [0.2, 0.25) is 0 Å². The second kappa shape index (κ2) is 10.8. The van der Waals surface area contributed by atoms with Gasteiger partial charge >= 0.3 is 12.3 Å². The minimum atomic E-state index is -4.88. The van der Waals surface area contributed by atoms with E-state index in [1.807, 2.05) is 44.2 Å². The highest BCUT2D eigenvalue weighted by atomic mass is 19.4. The third-order valence-electron chi connectivity index (χ3n) is 5.57. The first-order valence-electron chi connectivity index (χ1n) is 11.5. The van der Waals surface area contributed by atoms with Crippen LogP contribution in [0.1, 0.15) is 36.7 Å². The quantitative estimate of drug-likeness (QED) is 0.255. The summed E-state index contributed by atoms with van der Waals surface area (Å²) < 4.78 is 55.1. The second-order valence-corrected chi connectivity index (χ2v) is 8.63. The fourth-order valence-corrected chi connectivity index (χ4v) is 3.98. The van der Waals surface area contributed by atoms with Gasteiger partial charge in [0.1, 0.15) is 29.6 Å². The highest BCUT2D eigenvalue weighted by Gasteiger charge is 2.33. The lowest BCUT2D eigenvalue weighted by atomic mass is 10.00. The number of ether oxygens (including phenoxy) is 2. The number of carbonyl (C=O) groups is 1. The molecule has 0 radical (unpaired) electrons. The van der Waals surface area contributed by atoms with E-state index in [9.17, 15) is 23.1 Å². The lowest BCUT2D eigenvalue weighted by Crippen LogP contribution is -2.17. The molecular formula is C28H24F3NO5. The summed E-state index contributed by atoms with van der Waals surface area (Å²) in [4.78, 5) is 11.3. The van der Waals surface area contributed by atoms with Crippen molar-refractivity contribution in [3.05, 3.63) is 89.7 Å². The summed E-state index contributed by atoms with van der Waals surface area (Å²) in [6, 6.07) is 20.3. The molecule has 3 aromatic carbocycles. The Morgan fingerprint density at radius 3 is 2.35 bits per heavy atom. The molecule has 1 heterocycles. The van der Waals surface area contributed by atoms with E-state index >= 15 is 0 Å². The van der Waals surface area contributed by atoms with Crippen LogP contribution in [-0.4, -0.2) is 22.6 Å². The zero-order valence-corrected chi connectivity index (χ0v) is 20.1. The first-order valence-corrected chi connectivity index (χ1v) is 11.5. The van der Waals surface area contributed by atoms with Crippen LogP contribution in [0.4, 0.5) is 13.2 Å². The Kier molecular flexibility index (Phi) is 7.52. The Morgan fingerprint density at radius 2 is 1.68 bits per heavy atom. The number of para-hydroxylation sites is 1. The van der Waals surface area contributed by atoms with E-state index in [1.165, 1.54) is 18.2 Å². The van der Waals surface area contributed by atoms with Gasteiger partial charge in [-0.25, -0.2) is 0 Å². The summed E-state index contributed by atoms with van der Waals surface area (Å²) in [5.41, 5.74) is 2.89. The molecule has 0 atom stereocenters. The molecule has 37 heavy (non-hydrogen) atoms. The number of hydrogen-bond acceptors (Lipinski definition) is 5. The molecule has 0 unspecified atom stereocenters. The lowest BCUT2D eigenvalue weighted by molar-refractivity contribution is -0.274. The predicted molar refractivity (Wildman–Crippen MR) is 130 cm³/mol. The number of benzene rings is 3. The molecule has 4 aromatic rings. The summed E-state index contributed by atoms with van der Waals surface area (Å²) in [6.07, 6.45) is -5.07. The Morgan fingerprint density at radius 1 is 0.973 bits per heavy atom. The Balaban J connectivity index is 1.75. The van der Waals surface area contributed by atoms with E-state index in [1.54, 1.807) is 24.3 Å². The van der Waals surface area contributed by atoms with E-state index < -0.39 is 18.1 Å². The number of carboxylic acids is 1. The van der Waals surface area contributed by atoms with E-state index in [0.29, 0.717) is 22.6 Å². The Bertz CT molecular complexity index is 1380. The topological polar surface area (TPSA) is 81.8 Å². The molecule has 6 nitrogen and oxygen atoms in total. The Labute approximate surface area is 211 Å². The van der Waals surface area contributed by atoms with Crippen molar-refractivity contribution in [1.82, 2.24) is 5.16 Å². The number of rotatable bonds is 9. The molecule has 0 fully saturated rings. The van der Waals surface area contributed by atoms with Gasteiger partial charge in [-0.05, 0) is 29.3 Å². The number of aromatic nitrogens is 1. The molecule has 1 aromatic heterocycles. The first kappa shape index (κ1) is 25.8. The summed E-state index contributed by atoms with van der Waals surface area (Å²) >= 11 is 0. The fourth-order valence-electron chi connectivity index (χ4n) is 3.98. The molecule has 0 saturated heterocycles. The van der Waals surface area contributed by atoms with Crippen LogP contribution in [-0.2, 0) is 17.8 Å². The van der Waals surface area contributed by atoms with Crippen molar-refractivity contribution < 1.29 is 37.1 Å². The van der Waals surface area contributed by atoms with Crippen molar-refractivity contribution in [3.8, 4) is 33.9 Å². The first-order chi connectivity index (χ1) is 17.6. The molecule has 0 aliphatic rings. The van der Waals surface area contributed by atoms with Gasteiger partial charge < -0.3 is 19.1 Å². The zero-order valence-electron chi connectivity index (χ0n) is 20.1. The van der Waals surface area contributed by atoms with Crippen LogP contribution in [0.15, 0.2) is 77.3 Å². The summed E-state index contributed by atoms with van der Waals surface area (Å²) in [5.74, 6) is -0.648. The van der Waals surface area contributed by atoms with Crippen LogP contribution >= 0.6 is 0 Å². The summed E-state index contributed by atoms with van der Waals surface area (Å²) in [6.45, 7) is 3.66. The van der Waals surface area contributed by atoms with Crippen molar-refractivity contribution in [1.29, 1.82) is 0 Å². The zero-order chi connectivity index (χ0) is 26.6. The summed E-state index contributed by atoms with van der Waals surface area (Å²) in [5, 5.41) is 13.3. The highest BCUT2D eigenvalue weighted by Crippen LogP contribution is 2.39. The monoisotopic (exact) mass is 511 g/mol. The molecule has 4 rings (SSSR count). The lowest BCUT2D eigenvalue weighted by Gasteiger charge is -2.15. The van der Waals surface area contributed by atoms with Gasteiger partial charge in [0.15, 0.2) is 0 Å². The minimum absolute atomic E-state index is 0.0803. The van der Waals surface area contributed by atoms with Crippen molar-refractivity contribution in [2.24, 2.45) is 0 Å². The van der Waals surface area contributed by atoms with Crippen LogP contribution in [0.5, 0.6) is 11.5 Å². The maximum atomic E-state index is 13.0. The van der Waals surface area contributed by atoms with Gasteiger partial charge in [-0.15, -0.1) is 13.2 Å². The van der Waals surface area contributed by atoms with Gasteiger partial charge in [0.05, 0.1) is 12.0 Å². The van der Waals surface area contributed by atoms with Crippen LogP contribution in [0.25, 0.3) is 22.4 Å². The maximum Gasteiger partial charge on any atom is 0.573 e. The van der Waals surface area contributed by atoms with Gasteiger partial charge in [0, 0.05) is 17.0 Å². The molecule has 0 aliphatic carbocycles. The van der Waals surface area contributed by atoms with Gasteiger partial charge in [-0.2, -0.15) is 0 Å². The average Bonchev–Trinajstić information content (AvgIpc) is 3.26. The van der Waals surface area contributed by atoms with Crippen LogP contribution < -0.4 is 9.47 Å². The van der Waals surface area contributed by atoms with E-state index in [4.69, 9.17) is 9.26 Å². The summed E-state index contributed by atoms with van der Waals surface area (Å²) in [7, 11) is 0. The molecule has 1 N–H and O–H groups in total. The van der Waals surface area contributed by atoms with Crippen molar-refractivity contribution in [2.75, 3.05) is 0 Å². The minimum Gasteiger partial charge on any atom is -0.488 e. The molecule has 192 valence electrons. The molecule has 9 heteroatoms. The normalized spacial score (nSPS) is 11.5. The van der Waals surface area contributed by atoms with E-state index in [0.717, 1.165) is 11.1 Å². The Hall–Kier alpha value is -4.27. The second-order valence-electron chi connectivity index (χ2n) is 8.63. The SMILES string of the molecule is CC(C)c1onc(-c2ccccc2OC(F)(F)F)c1COc1cc(CC(=O)O)ccc1-c1ccccc1. The third-order valence-corrected chi connectivity index (χ3v) is 5.57. The number of aliphatic carboxylic acids is 1. The number of hydrogen-bond donors (Lipinski definition) is 1. The van der Waals surface area contributed by atoms with Crippen LogP contribution in [0.3, 0.4) is 0 Å². The molecular weight excluding hydrogens is 487 g/mol. The van der Waals surface area contributed by atoms with E-state index in [2.05, 4.69) is 9.89 Å². The third kappa shape index (κ3) is 6.30. The number of nitrogens with zero attached hydrogens (tertiary/aromatic N) is 1. The largest absolute Gasteiger partial charge is 0.573 e. The van der Waals surface area contributed by atoms with Crippen LogP contribution in [0.2, 0.25) is 0 Å².